The van der Waals surface area contributed by atoms with Crippen LogP contribution in [-0.4, -0.2) is 52.7 Å². The number of pyridine rings is 1. The molecule has 0 bridgehead atoms. The van der Waals surface area contributed by atoms with Crippen molar-refractivity contribution in [3.05, 3.63) is 23.6 Å². The SMILES string of the molecule is Cc1ccc(F)c(N2CCC[C@]3(CCN([C@H]4CC[C@H](O)CC4)C3=O)C2)n1. The minimum atomic E-state index is -0.397. The summed E-state index contributed by atoms with van der Waals surface area (Å²) < 4.78 is 14.3. The number of hydrogen-bond acceptors (Lipinski definition) is 4. The first-order valence-electron chi connectivity index (χ1n) is 9.86. The number of rotatable bonds is 2. The molecule has 1 amide bonds. The lowest BCUT2D eigenvalue weighted by atomic mass is 9.78. The second-order valence-electron chi connectivity index (χ2n) is 8.27. The predicted octanol–water partition coefficient (Wildman–Crippen LogP) is 2.65. The Morgan fingerprint density at radius 3 is 2.73 bits per heavy atom. The topological polar surface area (TPSA) is 56.7 Å². The van der Waals surface area contributed by atoms with Gasteiger partial charge in [-0.15, -0.1) is 0 Å². The average Bonchev–Trinajstić information content (AvgIpc) is 2.94. The van der Waals surface area contributed by atoms with Gasteiger partial charge in [-0.2, -0.15) is 0 Å². The smallest absolute Gasteiger partial charge is 0.230 e. The highest BCUT2D eigenvalue weighted by Crippen LogP contribution is 2.43. The number of carbonyl (C=O) groups excluding carboxylic acids is 1. The number of aliphatic hydroxyl groups excluding tert-OH is 1. The number of amides is 1. The highest BCUT2D eigenvalue weighted by atomic mass is 19.1. The number of aryl methyl sites for hydroxylation is 1. The van der Waals surface area contributed by atoms with Gasteiger partial charge >= 0.3 is 0 Å². The van der Waals surface area contributed by atoms with Gasteiger partial charge in [0.15, 0.2) is 11.6 Å². The summed E-state index contributed by atoms with van der Waals surface area (Å²) >= 11 is 0. The summed E-state index contributed by atoms with van der Waals surface area (Å²) in [4.78, 5) is 21.7. The number of hydrogen-bond donors (Lipinski definition) is 1. The molecule has 3 fully saturated rings. The molecule has 5 nitrogen and oxygen atoms in total. The van der Waals surface area contributed by atoms with Crippen LogP contribution in [0.5, 0.6) is 0 Å². The van der Waals surface area contributed by atoms with Gasteiger partial charge in [-0.1, -0.05) is 0 Å². The van der Waals surface area contributed by atoms with Crippen LogP contribution in [0.4, 0.5) is 10.2 Å². The Morgan fingerprint density at radius 2 is 1.96 bits per heavy atom. The Kier molecular flexibility index (Phi) is 4.63. The second-order valence-corrected chi connectivity index (χ2v) is 8.27. The fraction of sp³-hybridized carbons (Fsp3) is 0.700. The van der Waals surface area contributed by atoms with E-state index in [1.807, 2.05) is 11.8 Å². The number of anilines is 1. The zero-order valence-corrected chi connectivity index (χ0v) is 15.5. The number of piperidine rings is 1. The molecular weight excluding hydrogens is 333 g/mol. The first kappa shape index (κ1) is 17.7. The fourth-order valence-electron chi connectivity index (χ4n) is 5.00. The number of aliphatic hydroxyl groups is 1. The molecule has 0 unspecified atom stereocenters. The Labute approximate surface area is 154 Å². The van der Waals surface area contributed by atoms with Crippen molar-refractivity contribution in [3.8, 4) is 0 Å². The van der Waals surface area contributed by atoms with Gasteiger partial charge in [0.2, 0.25) is 5.91 Å². The molecule has 3 aliphatic rings. The van der Waals surface area contributed by atoms with Crippen molar-refractivity contribution in [2.75, 3.05) is 24.5 Å². The normalized spacial score (nSPS) is 32.5. The molecule has 1 N–H and O–H groups in total. The van der Waals surface area contributed by atoms with E-state index in [4.69, 9.17) is 0 Å². The van der Waals surface area contributed by atoms with Gasteiger partial charge in [-0.3, -0.25) is 4.79 Å². The van der Waals surface area contributed by atoms with E-state index in [2.05, 4.69) is 9.88 Å². The summed E-state index contributed by atoms with van der Waals surface area (Å²) in [6.45, 7) is 3.96. The Balaban J connectivity index is 1.51. The Morgan fingerprint density at radius 1 is 1.19 bits per heavy atom. The van der Waals surface area contributed by atoms with Crippen molar-refractivity contribution in [1.82, 2.24) is 9.88 Å². The van der Waals surface area contributed by atoms with Crippen LogP contribution in [0.1, 0.15) is 50.6 Å². The van der Waals surface area contributed by atoms with Gasteiger partial charge in [-0.25, -0.2) is 9.37 Å². The zero-order chi connectivity index (χ0) is 18.3. The van der Waals surface area contributed by atoms with Crippen molar-refractivity contribution >= 4 is 11.7 Å². The van der Waals surface area contributed by atoms with Crippen molar-refractivity contribution in [2.24, 2.45) is 5.41 Å². The van der Waals surface area contributed by atoms with Crippen molar-refractivity contribution < 1.29 is 14.3 Å². The van der Waals surface area contributed by atoms with Crippen LogP contribution in [0.3, 0.4) is 0 Å². The molecule has 1 atom stereocenters. The zero-order valence-electron chi connectivity index (χ0n) is 15.5. The van der Waals surface area contributed by atoms with Gasteiger partial charge in [0.05, 0.1) is 11.5 Å². The van der Waals surface area contributed by atoms with Crippen LogP contribution in [0.2, 0.25) is 0 Å². The van der Waals surface area contributed by atoms with Crippen molar-refractivity contribution in [2.45, 2.75) is 64.0 Å². The maximum atomic E-state index is 14.3. The number of halogens is 1. The first-order chi connectivity index (χ1) is 12.5. The maximum absolute atomic E-state index is 14.3. The summed E-state index contributed by atoms with van der Waals surface area (Å²) in [6.07, 6.45) is 5.74. The molecule has 1 aromatic heterocycles. The van der Waals surface area contributed by atoms with Crippen LogP contribution in [-0.2, 0) is 4.79 Å². The molecule has 1 aliphatic carbocycles. The van der Waals surface area contributed by atoms with E-state index < -0.39 is 5.41 Å². The van der Waals surface area contributed by atoms with E-state index in [0.717, 1.165) is 63.7 Å². The summed E-state index contributed by atoms with van der Waals surface area (Å²) in [5.74, 6) is 0.309. The Bertz CT molecular complexity index is 690. The lowest BCUT2D eigenvalue weighted by Gasteiger charge is -2.41. The van der Waals surface area contributed by atoms with Crippen molar-refractivity contribution in [3.63, 3.8) is 0 Å². The van der Waals surface area contributed by atoms with E-state index >= 15 is 0 Å². The third-order valence-corrected chi connectivity index (χ3v) is 6.50. The van der Waals surface area contributed by atoms with E-state index in [1.54, 1.807) is 6.07 Å². The third-order valence-electron chi connectivity index (χ3n) is 6.50. The monoisotopic (exact) mass is 361 g/mol. The molecule has 1 saturated carbocycles. The number of likely N-dealkylation sites (tertiary alicyclic amines) is 1. The van der Waals surface area contributed by atoms with Crippen LogP contribution >= 0.6 is 0 Å². The van der Waals surface area contributed by atoms with Crippen LogP contribution in [0.15, 0.2) is 12.1 Å². The highest BCUT2D eigenvalue weighted by molar-refractivity contribution is 5.86. The van der Waals surface area contributed by atoms with Crippen molar-refractivity contribution in [1.29, 1.82) is 0 Å². The summed E-state index contributed by atoms with van der Waals surface area (Å²) in [7, 11) is 0. The second kappa shape index (κ2) is 6.80. The van der Waals surface area contributed by atoms with Crippen LogP contribution < -0.4 is 4.90 Å². The fourth-order valence-corrected chi connectivity index (χ4v) is 5.00. The molecule has 4 rings (SSSR count). The van der Waals surface area contributed by atoms with E-state index in [0.29, 0.717) is 12.4 Å². The van der Waals surface area contributed by atoms with Crippen LogP contribution in [0, 0.1) is 18.2 Å². The molecule has 2 saturated heterocycles. The lowest BCUT2D eigenvalue weighted by Crippen LogP contribution is -2.50. The van der Waals surface area contributed by atoms with Gasteiger partial charge in [0.1, 0.15) is 0 Å². The highest BCUT2D eigenvalue weighted by Gasteiger charge is 2.51. The minimum Gasteiger partial charge on any atom is -0.393 e. The molecule has 26 heavy (non-hydrogen) atoms. The largest absolute Gasteiger partial charge is 0.393 e. The van der Waals surface area contributed by atoms with Crippen LogP contribution in [0.25, 0.3) is 0 Å². The third kappa shape index (κ3) is 3.08. The summed E-state index contributed by atoms with van der Waals surface area (Å²) in [5, 5.41) is 9.73. The minimum absolute atomic E-state index is 0.210. The van der Waals surface area contributed by atoms with Gasteiger partial charge < -0.3 is 14.9 Å². The van der Waals surface area contributed by atoms with Gasteiger partial charge in [-0.05, 0) is 64.0 Å². The van der Waals surface area contributed by atoms with E-state index in [1.165, 1.54) is 6.07 Å². The molecule has 1 spiro atoms. The summed E-state index contributed by atoms with van der Waals surface area (Å²) in [5.41, 5.74) is 0.396. The number of nitrogens with zero attached hydrogens (tertiary/aromatic N) is 3. The summed E-state index contributed by atoms with van der Waals surface area (Å²) in [6, 6.07) is 3.41. The molecular formula is C20H28FN3O2. The lowest BCUT2D eigenvalue weighted by molar-refractivity contribution is -0.139. The predicted molar refractivity (Wildman–Crippen MR) is 97.4 cm³/mol. The maximum Gasteiger partial charge on any atom is 0.230 e. The quantitative estimate of drug-likeness (QED) is 0.880. The Hall–Kier alpha value is -1.69. The molecule has 2 aliphatic heterocycles. The first-order valence-corrected chi connectivity index (χ1v) is 9.86. The average molecular weight is 361 g/mol. The molecule has 3 heterocycles. The number of aromatic nitrogens is 1. The standard InChI is InChI=1S/C20H28FN3O2/c1-14-3-8-17(21)18(22-14)23-11-2-9-20(13-23)10-12-24(19(20)26)15-4-6-16(25)7-5-15/h3,8,15-16,25H,2,4-7,9-13H2,1H3/t15-,16-,20-/m0/s1. The molecule has 0 radical (unpaired) electrons. The molecule has 1 aromatic rings. The number of carbonyl (C=O) groups is 1. The van der Waals surface area contributed by atoms with E-state index in [-0.39, 0.29) is 23.9 Å². The van der Waals surface area contributed by atoms with Gasteiger partial charge in [0, 0.05) is 31.4 Å². The molecule has 142 valence electrons. The van der Waals surface area contributed by atoms with Gasteiger partial charge in [0.25, 0.3) is 0 Å². The molecule has 0 aromatic carbocycles. The molecule has 6 heteroatoms. The van der Waals surface area contributed by atoms with E-state index in [9.17, 15) is 14.3 Å².